The van der Waals surface area contributed by atoms with Gasteiger partial charge in [0.2, 0.25) is 0 Å². The van der Waals surface area contributed by atoms with E-state index in [0.717, 1.165) is 25.9 Å². The second-order valence-electron chi connectivity index (χ2n) is 6.89. The predicted octanol–water partition coefficient (Wildman–Crippen LogP) is 3.98. The van der Waals surface area contributed by atoms with Gasteiger partial charge in [0, 0.05) is 13.0 Å². The van der Waals surface area contributed by atoms with Crippen LogP contribution in [0.1, 0.15) is 36.5 Å². The van der Waals surface area contributed by atoms with Crippen LogP contribution in [-0.4, -0.2) is 24.3 Å². The number of fused-ring (bicyclic) bond motifs is 1. The van der Waals surface area contributed by atoms with Gasteiger partial charge < -0.3 is 4.90 Å². The molecule has 2 aromatic rings. The summed E-state index contributed by atoms with van der Waals surface area (Å²) in [5.41, 5.74) is 3.57. The highest BCUT2D eigenvalue weighted by Crippen LogP contribution is 2.37. The molecule has 0 N–H and O–H groups in total. The Kier molecular flexibility index (Phi) is 4.63. The summed E-state index contributed by atoms with van der Waals surface area (Å²) in [5.74, 6) is 0.393. The van der Waals surface area contributed by atoms with E-state index >= 15 is 0 Å². The van der Waals surface area contributed by atoms with Crippen LogP contribution in [0.15, 0.2) is 54.6 Å². The fourth-order valence-electron chi connectivity index (χ4n) is 3.61. The standard InChI is InChI=1S/C21H25NO/c1-21(14-15-22(2)16-17-8-4-3-5-9-17)19-11-7-6-10-18(19)12-13-20(21)23/h3-11H,12-16H2,1-2H3. The molecule has 1 unspecified atom stereocenters. The minimum absolute atomic E-state index is 0.334. The third-order valence-electron chi connectivity index (χ3n) is 5.14. The Labute approximate surface area is 139 Å². The molecule has 1 aliphatic rings. The summed E-state index contributed by atoms with van der Waals surface area (Å²) in [7, 11) is 2.13. The van der Waals surface area contributed by atoms with Gasteiger partial charge in [0.05, 0.1) is 5.41 Å². The number of rotatable bonds is 5. The Balaban J connectivity index is 1.70. The summed E-state index contributed by atoms with van der Waals surface area (Å²) in [6.07, 6.45) is 2.45. The van der Waals surface area contributed by atoms with E-state index in [4.69, 9.17) is 0 Å². The molecule has 0 heterocycles. The maximum atomic E-state index is 12.6. The first kappa shape index (κ1) is 15.9. The van der Waals surface area contributed by atoms with Crippen molar-refractivity contribution in [2.24, 2.45) is 0 Å². The Morgan fingerprint density at radius 2 is 1.70 bits per heavy atom. The average Bonchev–Trinajstić information content (AvgIpc) is 2.58. The normalized spacial score (nSPS) is 20.6. The minimum Gasteiger partial charge on any atom is -0.302 e. The Bertz CT molecular complexity index is 679. The molecule has 0 amide bonds. The van der Waals surface area contributed by atoms with E-state index < -0.39 is 0 Å². The number of hydrogen-bond donors (Lipinski definition) is 0. The van der Waals surface area contributed by atoms with Crippen molar-refractivity contribution in [1.82, 2.24) is 4.90 Å². The quantitative estimate of drug-likeness (QED) is 0.832. The molecule has 0 spiro atoms. The SMILES string of the molecule is CN(CCC1(C)C(=O)CCc2ccccc21)Cc1ccccc1. The van der Waals surface area contributed by atoms with Gasteiger partial charge in [0.25, 0.3) is 0 Å². The zero-order valence-electron chi connectivity index (χ0n) is 14.1. The third kappa shape index (κ3) is 3.37. The summed E-state index contributed by atoms with van der Waals surface area (Å²) in [5, 5.41) is 0. The summed E-state index contributed by atoms with van der Waals surface area (Å²) in [6.45, 7) is 3.97. The summed E-state index contributed by atoms with van der Waals surface area (Å²) in [6, 6.07) is 19.0. The van der Waals surface area contributed by atoms with Crippen molar-refractivity contribution in [3.63, 3.8) is 0 Å². The molecular weight excluding hydrogens is 282 g/mol. The van der Waals surface area contributed by atoms with Gasteiger partial charge in [-0.2, -0.15) is 0 Å². The van der Waals surface area contributed by atoms with Crippen LogP contribution in [-0.2, 0) is 23.2 Å². The molecule has 0 aliphatic heterocycles. The summed E-state index contributed by atoms with van der Waals surface area (Å²) < 4.78 is 0. The van der Waals surface area contributed by atoms with Crippen molar-refractivity contribution >= 4 is 5.78 Å². The van der Waals surface area contributed by atoms with Crippen LogP contribution in [0.4, 0.5) is 0 Å². The van der Waals surface area contributed by atoms with E-state index in [2.05, 4.69) is 67.4 Å². The van der Waals surface area contributed by atoms with E-state index in [0.29, 0.717) is 12.2 Å². The first-order chi connectivity index (χ1) is 11.1. The van der Waals surface area contributed by atoms with Gasteiger partial charge in [-0.1, -0.05) is 54.6 Å². The molecule has 2 aromatic carbocycles. The van der Waals surface area contributed by atoms with Crippen LogP contribution >= 0.6 is 0 Å². The molecular formula is C21H25NO. The summed E-state index contributed by atoms with van der Waals surface area (Å²) in [4.78, 5) is 14.9. The van der Waals surface area contributed by atoms with Crippen LogP contribution in [0.3, 0.4) is 0 Å². The van der Waals surface area contributed by atoms with Crippen LogP contribution in [0, 0.1) is 0 Å². The fourth-order valence-corrected chi connectivity index (χ4v) is 3.61. The van der Waals surface area contributed by atoms with E-state index in [1.807, 2.05) is 6.07 Å². The molecule has 2 nitrogen and oxygen atoms in total. The van der Waals surface area contributed by atoms with E-state index in [1.54, 1.807) is 0 Å². The van der Waals surface area contributed by atoms with E-state index in [-0.39, 0.29) is 5.41 Å². The lowest BCUT2D eigenvalue weighted by molar-refractivity contribution is -0.125. The highest BCUT2D eigenvalue weighted by Gasteiger charge is 2.38. The van der Waals surface area contributed by atoms with Gasteiger partial charge in [-0.25, -0.2) is 0 Å². The zero-order valence-corrected chi connectivity index (χ0v) is 14.1. The predicted molar refractivity (Wildman–Crippen MR) is 94.5 cm³/mol. The highest BCUT2D eigenvalue weighted by molar-refractivity contribution is 5.91. The monoisotopic (exact) mass is 307 g/mol. The number of nitrogens with zero attached hydrogens (tertiary/aromatic N) is 1. The van der Waals surface area contributed by atoms with Gasteiger partial charge in [0.1, 0.15) is 5.78 Å². The minimum atomic E-state index is -0.334. The number of aryl methyl sites for hydroxylation is 1. The number of carbonyl (C=O) groups is 1. The Morgan fingerprint density at radius 3 is 2.48 bits per heavy atom. The average molecular weight is 307 g/mol. The fraction of sp³-hybridized carbons (Fsp3) is 0.381. The van der Waals surface area contributed by atoms with Gasteiger partial charge in [0.15, 0.2) is 0 Å². The van der Waals surface area contributed by atoms with Gasteiger partial charge >= 0.3 is 0 Å². The number of benzene rings is 2. The molecule has 0 saturated heterocycles. The molecule has 1 atom stereocenters. The van der Waals surface area contributed by atoms with E-state index in [9.17, 15) is 4.79 Å². The largest absolute Gasteiger partial charge is 0.302 e. The van der Waals surface area contributed by atoms with Crippen LogP contribution in [0.25, 0.3) is 0 Å². The zero-order chi connectivity index (χ0) is 16.3. The molecule has 1 aliphatic carbocycles. The van der Waals surface area contributed by atoms with Crippen LogP contribution < -0.4 is 0 Å². The lowest BCUT2D eigenvalue weighted by atomic mass is 9.68. The van der Waals surface area contributed by atoms with Gasteiger partial charge in [-0.15, -0.1) is 0 Å². The second kappa shape index (κ2) is 6.67. The van der Waals surface area contributed by atoms with Crippen molar-refractivity contribution < 1.29 is 4.79 Å². The number of hydrogen-bond acceptors (Lipinski definition) is 2. The summed E-state index contributed by atoms with van der Waals surface area (Å²) >= 11 is 0. The molecule has 3 rings (SSSR count). The maximum absolute atomic E-state index is 12.6. The lowest BCUT2D eigenvalue weighted by Crippen LogP contribution is -2.40. The third-order valence-corrected chi connectivity index (χ3v) is 5.14. The number of carbonyl (C=O) groups excluding carboxylic acids is 1. The molecule has 0 radical (unpaired) electrons. The van der Waals surface area contributed by atoms with Crippen molar-refractivity contribution in [2.75, 3.05) is 13.6 Å². The molecule has 0 aromatic heterocycles. The van der Waals surface area contributed by atoms with Crippen LogP contribution in [0.5, 0.6) is 0 Å². The number of ketones is 1. The van der Waals surface area contributed by atoms with Gasteiger partial charge in [-0.05, 0) is 50.0 Å². The smallest absolute Gasteiger partial charge is 0.143 e. The van der Waals surface area contributed by atoms with Crippen molar-refractivity contribution in [2.45, 2.75) is 38.1 Å². The molecule has 0 bridgehead atoms. The highest BCUT2D eigenvalue weighted by atomic mass is 16.1. The molecule has 0 fully saturated rings. The first-order valence-corrected chi connectivity index (χ1v) is 8.44. The Hall–Kier alpha value is -1.93. The van der Waals surface area contributed by atoms with Crippen LogP contribution in [0.2, 0.25) is 0 Å². The van der Waals surface area contributed by atoms with Crippen molar-refractivity contribution in [3.05, 3.63) is 71.3 Å². The molecule has 0 saturated carbocycles. The molecule has 23 heavy (non-hydrogen) atoms. The first-order valence-electron chi connectivity index (χ1n) is 8.44. The van der Waals surface area contributed by atoms with E-state index in [1.165, 1.54) is 16.7 Å². The topological polar surface area (TPSA) is 20.3 Å². The van der Waals surface area contributed by atoms with Gasteiger partial charge in [-0.3, -0.25) is 4.79 Å². The van der Waals surface area contributed by atoms with Crippen molar-refractivity contribution in [1.29, 1.82) is 0 Å². The number of Topliss-reactive ketones (excluding diaryl/α,β-unsaturated/α-hetero) is 1. The lowest BCUT2D eigenvalue weighted by Gasteiger charge is -2.35. The second-order valence-corrected chi connectivity index (χ2v) is 6.89. The maximum Gasteiger partial charge on any atom is 0.143 e. The molecule has 120 valence electrons. The molecule has 2 heteroatoms. The Morgan fingerprint density at radius 1 is 1.00 bits per heavy atom. The van der Waals surface area contributed by atoms with Crippen molar-refractivity contribution in [3.8, 4) is 0 Å².